The Labute approximate surface area is 79.9 Å². The fraction of sp³-hybridized carbons (Fsp3) is 0.700. The molecule has 3 nitrogen and oxygen atoms in total. The molecule has 0 saturated carbocycles. The Kier molecular flexibility index (Phi) is 2.96. The molecular formula is C10H19N3. The molecule has 0 aliphatic carbocycles. The minimum Gasteiger partial charge on any atom is -0.384 e. The van der Waals surface area contributed by atoms with Crippen molar-refractivity contribution < 1.29 is 0 Å². The van der Waals surface area contributed by atoms with E-state index >= 15 is 0 Å². The van der Waals surface area contributed by atoms with Crippen molar-refractivity contribution in [1.29, 1.82) is 0 Å². The third kappa shape index (κ3) is 1.69. The first kappa shape index (κ1) is 10.1. The average Bonchev–Trinajstić information content (AvgIpc) is 2.36. The Morgan fingerprint density at radius 2 is 1.92 bits per heavy atom. The predicted molar refractivity (Wildman–Crippen MR) is 55.7 cm³/mol. The number of hydrogen-bond acceptors (Lipinski definition) is 2. The Balaban J connectivity index is 3.06. The zero-order chi connectivity index (χ0) is 10.0. The zero-order valence-corrected chi connectivity index (χ0v) is 8.96. The largest absolute Gasteiger partial charge is 0.384 e. The van der Waals surface area contributed by atoms with Gasteiger partial charge in [0.25, 0.3) is 0 Å². The van der Waals surface area contributed by atoms with Crippen LogP contribution in [0.3, 0.4) is 0 Å². The number of nitrogens with zero attached hydrogens (tertiary/aromatic N) is 2. The van der Waals surface area contributed by atoms with Crippen LogP contribution in [0.1, 0.15) is 43.9 Å². The summed E-state index contributed by atoms with van der Waals surface area (Å²) in [4.78, 5) is 0. The van der Waals surface area contributed by atoms with Crippen molar-refractivity contribution in [2.45, 2.75) is 39.5 Å². The van der Waals surface area contributed by atoms with Crippen molar-refractivity contribution in [3.05, 3.63) is 11.3 Å². The average molecular weight is 181 g/mol. The summed E-state index contributed by atoms with van der Waals surface area (Å²) < 4.78 is 1.77. The van der Waals surface area contributed by atoms with Gasteiger partial charge in [0.15, 0.2) is 0 Å². The molecule has 0 aliphatic heterocycles. The number of nitrogen functional groups attached to an aromatic ring is 1. The van der Waals surface area contributed by atoms with Gasteiger partial charge in [-0.3, -0.25) is 4.68 Å². The van der Waals surface area contributed by atoms with E-state index in [1.807, 2.05) is 7.05 Å². The van der Waals surface area contributed by atoms with E-state index in [0.717, 1.165) is 24.2 Å². The van der Waals surface area contributed by atoms with Gasteiger partial charge in [0, 0.05) is 18.5 Å². The molecule has 0 unspecified atom stereocenters. The summed E-state index contributed by atoms with van der Waals surface area (Å²) in [5.41, 5.74) is 8.17. The van der Waals surface area contributed by atoms with E-state index in [0.29, 0.717) is 5.92 Å². The van der Waals surface area contributed by atoms with Gasteiger partial charge in [0.1, 0.15) is 5.82 Å². The Morgan fingerprint density at radius 3 is 2.23 bits per heavy atom. The van der Waals surface area contributed by atoms with Gasteiger partial charge in [-0.15, -0.1) is 0 Å². The molecule has 0 atom stereocenters. The molecule has 3 heteroatoms. The Bertz CT molecular complexity index is 285. The van der Waals surface area contributed by atoms with Crippen LogP contribution in [-0.4, -0.2) is 9.78 Å². The van der Waals surface area contributed by atoms with Gasteiger partial charge in [0.05, 0.1) is 5.69 Å². The van der Waals surface area contributed by atoms with Crippen molar-refractivity contribution in [3.63, 3.8) is 0 Å². The fourth-order valence-electron chi connectivity index (χ4n) is 1.73. The van der Waals surface area contributed by atoms with Gasteiger partial charge >= 0.3 is 0 Å². The lowest BCUT2D eigenvalue weighted by molar-refractivity contribution is 0.602. The minimum absolute atomic E-state index is 0.559. The van der Waals surface area contributed by atoms with Gasteiger partial charge in [-0.1, -0.05) is 13.8 Å². The minimum atomic E-state index is 0.559. The van der Waals surface area contributed by atoms with Crippen LogP contribution in [0.25, 0.3) is 0 Å². The number of aryl methyl sites for hydroxylation is 1. The molecule has 1 aromatic heterocycles. The molecule has 0 spiro atoms. The molecule has 74 valence electrons. The summed E-state index contributed by atoms with van der Waals surface area (Å²) in [6.07, 6.45) is 2.27. The first-order chi connectivity index (χ1) is 6.11. The number of rotatable bonds is 3. The molecule has 1 rings (SSSR count). The van der Waals surface area contributed by atoms with Gasteiger partial charge in [-0.25, -0.2) is 0 Å². The third-order valence-corrected chi connectivity index (χ3v) is 2.75. The Hall–Kier alpha value is -0.990. The van der Waals surface area contributed by atoms with E-state index < -0.39 is 0 Å². The maximum Gasteiger partial charge on any atom is 0.124 e. The molecule has 0 fully saturated rings. The Morgan fingerprint density at radius 1 is 1.38 bits per heavy atom. The number of nitrogens with two attached hydrogens (primary N) is 1. The molecular weight excluding hydrogens is 162 g/mol. The second kappa shape index (κ2) is 3.81. The highest BCUT2D eigenvalue weighted by Gasteiger charge is 2.16. The zero-order valence-electron chi connectivity index (χ0n) is 8.96. The summed E-state index contributed by atoms with van der Waals surface area (Å²) in [5.74, 6) is 1.35. The van der Waals surface area contributed by atoms with E-state index in [9.17, 15) is 0 Å². The molecule has 0 bridgehead atoms. The molecule has 0 aromatic carbocycles. The summed E-state index contributed by atoms with van der Waals surface area (Å²) >= 11 is 0. The quantitative estimate of drug-likeness (QED) is 0.777. The fourth-order valence-corrected chi connectivity index (χ4v) is 1.73. The topological polar surface area (TPSA) is 43.8 Å². The molecule has 13 heavy (non-hydrogen) atoms. The third-order valence-electron chi connectivity index (χ3n) is 2.75. The van der Waals surface area contributed by atoms with Crippen LogP contribution in [0.15, 0.2) is 0 Å². The van der Waals surface area contributed by atoms with E-state index in [1.54, 1.807) is 4.68 Å². The van der Waals surface area contributed by atoms with Crippen LogP contribution in [0, 0.1) is 6.92 Å². The first-order valence-electron chi connectivity index (χ1n) is 4.90. The standard InChI is InChI=1S/C10H19N3/c1-5-8(6-2)9-7(3)10(11)13(4)12-9/h8H,5-6,11H2,1-4H3. The second-order valence-corrected chi connectivity index (χ2v) is 3.53. The highest BCUT2D eigenvalue weighted by Crippen LogP contribution is 2.27. The normalized spacial score (nSPS) is 11.2. The smallest absolute Gasteiger partial charge is 0.124 e. The predicted octanol–water partition coefficient (Wildman–Crippen LogP) is 2.21. The lowest BCUT2D eigenvalue weighted by Gasteiger charge is -2.09. The van der Waals surface area contributed by atoms with Crippen LogP contribution in [0.2, 0.25) is 0 Å². The summed E-state index contributed by atoms with van der Waals surface area (Å²) in [5, 5.41) is 4.44. The molecule has 0 radical (unpaired) electrons. The van der Waals surface area contributed by atoms with E-state index in [-0.39, 0.29) is 0 Å². The molecule has 0 saturated heterocycles. The monoisotopic (exact) mass is 181 g/mol. The lowest BCUT2D eigenvalue weighted by Crippen LogP contribution is -1.99. The molecule has 1 aromatic rings. The number of aromatic nitrogens is 2. The first-order valence-corrected chi connectivity index (χ1v) is 4.90. The van der Waals surface area contributed by atoms with Crippen molar-refractivity contribution in [1.82, 2.24) is 9.78 Å². The van der Waals surface area contributed by atoms with Crippen LogP contribution < -0.4 is 5.73 Å². The van der Waals surface area contributed by atoms with Crippen molar-refractivity contribution in [3.8, 4) is 0 Å². The SMILES string of the molecule is CCC(CC)c1nn(C)c(N)c1C. The maximum absolute atomic E-state index is 5.85. The maximum atomic E-state index is 5.85. The molecule has 0 aliphatic rings. The van der Waals surface area contributed by atoms with Gasteiger partial charge in [-0.05, 0) is 19.8 Å². The van der Waals surface area contributed by atoms with Gasteiger partial charge in [-0.2, -0.15) is 5.10 Å². The highest BCUT2D eigenvalue weighted by atomic mass is 15.3. The summed E-state index contributed by atoms with van der Waals surface area (Å²) in [6, 6.07) is 0. The van der Waals surface area contributed by atoms with Crippen LogP contribution in [-0.2, 0) is 7.05 Å². The van der Waals surface area contributed by atoms with E-state index in [2.05, 4.69) is 25.9 Å². The molecule has 0 amide bonds. The van der Waals surface area contributed by atoms with Crippen molar-refractivity contribution in [2.75, 3.05) is 5.73 Å². The number of hydrogen-bond donors (Lipinski definition) is 1. The summed E-state index contributed by atoms with van der Waals surface area (Å²) in [6.45, 7) is 6.44. The summed E-state index contributed by atoms with van der Waals surface area (Å²) in [7, 11) is 1.90. The molecule has 1 heterocycles. The van der Waals surface area contributed by atoms with Gasteiger partial charge in [0.2, 0.25) is 0 Å². The van der Waals surface area contributed by atoms with Crippen LogP contribution >= 0.6 is 0 Å². The van der Waals surface area contributed by atoms with Crippen LogP contribution in [0.4, 0.5) is 5.82 Å². The van der Waals surface area contributed by atoms with E-state index in [1.165, 1.54) is 5.69 Å². The van der Waals surface area contributed by atoms with Crippen molar-refractivity contribution in [2.24, 2.45) is 7.05 Å². The second-order valence-electron chi connectivity index (χ2n) is 3.53. The van der Waals surface area contributed by atoms with Crippen LogP contribution in [0.5, 0.6) is 0 Å². The number of anilines is 1. The van der Waals surface area contributed by atoms with Gasteiger partial charge < -0.3 is 5.73 Å². The lowest BCUT2D eigenvalue weighted by atomic mass is 9.97. The van der Waals surface area contributed by atoms with Crippen molar-refractivity contribution >= 4 is 5.82 Å². The molecule has 2 N–H and O–H groups in total. The van der Waals surface area contributed by atoms with E-state index in [4.69, 9.17) is 5.73 Å². The highest BCUT2D eigenvalue weighted by molar-refractivity contribution is 5.43.